The van der Waals surface area contributed by atoms with E-state index in [1.165, 1.54) is 5.56 Å². The van der Waals surface area contributed by atoms with E-state index in [2.05, 4.69) is 0 Å². The van der Waals surface area contributed by atoms with E-state index in [0.29, 0.717) is 11.3 Å². The number of hydrogen-bond acceptors (Lipinski definition) is 2. The van der Waals surface area contributed by atoms with E-state index in [9.17, 15) is 4.79 Å². The first-order chi connectivity index (χ1) is 9.66. The molecule has 0 atom stereocenters. The quantitative estimate of drug-likeness (QED) is 0.806. The van der Waals surface area contributed by atoms with Crippen molar-refractivity contribution in [1.82, 2.24) is 0 Å². The number of carbonyl (C=O) groups excluding carboxylic acids is 1. The van der Waals surface area contributed by atoms with Gasteiger partial charge in [-0.15, -0.1) is 0 Å². The topological polar surface area (TPSA) is 46.3 Å². The van der Waals surface area contributed by atoms with E-state index < -0.39 is 0 Å². The molecule has 0 fully saturated rings. The number of aryl methyl sites for hydroxylation is 2. The van der Waals surface area contributed by atoms with Gasteiger partial charge in [0.2, 0.25) is 0 Å². The smallest absolute Gasteiger partial charge is 0.260 e. The Hall–Kier alpha value is -2.29. The first-order valence-corrected chi connectivity index (χ1v) is 6.93. The molecule has 3 heteroatoms. The van der Waals surface area contributed by atoms with Gasteiger partial charge in [0.15, 0.2) is 0 Å². The van der Waals surface area contributed by atoms with Crippen LogP contribution in [0, 0.1) is 6.92 Å². The molecule has 0 unspecified atom stereocenters. The first-order valence-electron chi connectivity index (χ1n) is 6.93. The molecule has 102 valence electrons. The molecule has 0 saturated carbocycles. The van der Waals surface area contributed by atoms with Crippen molar-refractivity contribution in [3.05, 3.63) is 59.2 Å². The molecule has 2 aromatic carbocycles. The standard InChI is InChI=1S/C17H18N2O/c1-12-7-9-14(10-8-12)19-11-3-5-13-4-2-6-15(18)16(13)17(19)20/h2,4,6-10H,3,5,11,18H2,1H3. The maximum Gasteiger partial charge on any atom is 0.260 e. The minimum atomic E-state index is 0.0134. The van der Waals surface area contributed by atoms with Crippen LogP contribution in [0.15, 0.2) is 42.5 Å². The van der Waals surface area contributed by atoms with Gasteiger partial charge in [-0.3, -0.25) is 4.79 Å². The highest BCUT2D eigenvalue weighted by atomic mass is 16.2. The number of nitrogens with two attached hydrogens (primary N) is 1. The molecular formula is C17H18N2O. The molecule has 3 nitrogen and oxygen atoms in total. The number of fused-ring (bicyclic) bond motifs is 1. The van der Waals surface area contributed by atoms with Gasteiger partial charge in [-0.2, -0.15) is 0 Å². The zero-order chi connectivity index (χ0) is 14.1. The van der Waals surface area contributed by atoms with E-state index in [0.717, 1.165) is 30.6 Å². The Bertz CT molecular complexity index is 647. The Morgan fingerprint density at radius 2 is 1.85 bits per heavy atom. The fraction of sp³-hybridized carbons (Fsp3) is 0.235. The van der Waals surface area contributed by atoms with Crippen LogP contribution in [0.5, 0.6) is 0 Å². The molecule has 1 heterocycles. The van der Waals surface area contributed by atoms with Crippen LogP contribution in [0.25, 0.3) is 0 Å². The number of anilines is 2. The molecule has 0 spiro atoms. The number of amides is 1. The van der Waals surface area contributed by atoms with Crippen molar-refractivity contribution in [2.24, 2.45) is 0 Å². The molecule has 0 aliphatic carbocycles. The van der Waals surface area contributed by atoms with Gasteiger partial charge in [0.05, 0.1) is 5.56 Å². The molecule has 1 amide bonds. The van der Waals surface area contributed by atoms with Crippen LogP contribution >= 0.6 is 0 Å². The Balaban J connectivity index is 2.04. The summed E-state index contributed by atoms with van der Waals surface area (Å²) in [6.07, 6.45) is 1.85. The van der Waals surface area contributed by atoms with Gasteiger partial charge < -0.3 is 10.6 Å². The van der Waals surface area contributed by atoms with Gasteiger partial charge in [-0.1, -0.05) is 29.8 Å². The number of nitrogens with zero attached hydrogens (tertiary/aromatic N) is 1. The average Bonchev–Trinajstić information content (AvgIpc) is 2.60. The Kier molecular flexibility index (Phi) is 3.18. The summed E-state index contributed by atoms with van der Waals surface area (Å²) in [5, 5.41) is 0. The summed E-state index contributed by atoms with van der Waals surface area (Å²) in [4.78, 5) is 14.6. The SMILES string of the molecule is Cc1ccc(N2CCCc3cccc(N)c3C2=O)cc1. The molecule has 1 aliphatic rings. The maximum absolute atomic E-state index is 12.8. The summed E-state index contributed by atoms with van der Waals surface area (Å²) in [5.74, 6) is 0.0134. The summed E-state index contributed by atoms with van der Waals surface area (Å²) in [6.45, 7) is 2.78. The molecule has 2 aromatic rings. The molecule has 2 N–H and O–H groups in total. The van der Waals surface area contributed by atoms with Gasteiger partial charge in [-0.25, -0.2) is 0 Å². The Labute approximate surface area is 119 Å². The predicted octanol–water partition coefficient (Wildman–Crippen LogP) is 3.17. The van der Waals surface area contributed by atoms with Crippen LogP contribution in [0.1, 0.15) is 27.9 Å². The third-order valence-corrected chi connectivity index (χ3v) is 3.82. The van der Waals surface area contributed by atoms with Crippen molar-refractivity contribution in [2.45, 2.75) is 19.8 Å². The summed E-state index contributed by atoms with van der Waals surface area (Å²) in [7, 11) is 0. The zero-order valence-electron chi connectivity index (χ0n) is 11.6. The fourth-order valence-corrected chi connectivity index (χ4v) is 2.72. The highest BCUT2D eigenvalue weighted by Crippen LogP contribution is 2.27. The second-order valence-corrected chi connectivity index (χ2v) is 5.28. The van der Waals surface area contributed by atoms with Crippen molar-refractivity contribution in [1.29, 1.82) is 0 Å². The summed E-state index contributed by atoms with van der Waals surface area (Å²) >= 11 is 0. The maximum atomic E-state index is 12.8. The molecule has 0 saturated heterocycles. The van der Waals surface area contributed by atoms with E-state index in [1.54, 1.807) is 6.07 Å². The number of benzene rings is 2. The largest absolute Gasteiger partial charge is 0.398 e. The summed E-state index contributed by atoms with van der Waals surface area (Å²) in [6, 6.07) is 13.8. The highest BCUT2D eigenvalue weighted by molar-refractivity contribution is 6.10. The monoisotopic (exact) mass is 266 g/mol. The van der Waals surface area contributed by atoms with Gasteiger partial charge in [0.25, 0.3) is 5.91 Å². The van der Waals surface area contributed by atoms with Gasteiger partial charge >= 0.3 is 0 Å². The van der Waals surface area contributed by atoms with Crippen molar-refractivity contribution in [2.75, 3.05) is 17.2 Å². The van der Waals surface area contributed by atoms with Crippen LogP contribution in [0.3, 0.4) is 0 Å². The lowest BCUT2D eigenvalue weighted by atomic mass is 10.0. The zero-order valence-corrected chi connectivity index (χ0v) is 11.6. The van der Waals surface area contributed by atoms with Crippen LogP contribution in [-0.2, 0) is 6.42 Å². The minimum Gasteiger partial charge on any atom is -0.398 e. The van der Waals surface area contributed by atoms with E-state index in [4.69, 9.17) is 5.73 Å². The van der Waals surface area contributed by atoms with Gasteiger partial charge in [0.1, 0.15) is 0 Å². The van der Waals surface area contributed by atoms with Gasteiger partial charge in [0, 0.05) is 17.9 Å². The van der Waals surface area contributed by atoms with Crippen LogP contribution in [0.2, 0.25) is 0 Å². The van der Waals surface area contributed by atoms with Crippen molar-refractivity contribution < 1.29 is 4.79 Å². The normalized spacial score (nSPS) is 14.8. The lowest BCUT2D eigenvalue weighted by Gasteiger charge is -2.21. The van der Waals surface area contributed by atoms with E-state index in [1.807, 2.05) is 48.2 Å². The highest BCUT2D eigenvalue weighted by Gasteiger charge is 2.25. The van der Waals surface area contributed by atoms with Crippen LogP contribution in [-0.4, -0.2) is 12.5 Å². The van der Waals surface area contributed by atoms with Crippen LogP contribution in [0.4, 0.5) is 11.4 Å². The molecule has 20 heavy (non-hydrogen) atoms. The molecule has 1 aliphatic heterocycles. The third kappa shape index (κ3) is 2.16. The van der Waals surface area contributed by atoms with Crippen molar-refractivity contribution in [3.8, 4) is 0 Å². The minimum absolute atomic E-state index is 0.0134. The Morgan fingerprint density at radius 3 is 2.60 bits per heavy atom. The lowest BCUT2D eigenvalue weighted by molar-refractivity contribution is 0.0989. The first kappa shape index (κ1) is 12.7. The van der Waals surface area contributed by atoms with Crippen molar-refractivity contribution in [3.63, 3.8) is 0 Å². The van der Waals surface area contributed by atoms with E-state index in [-0.39, 0.29) is 5.91 Å². The molecule has 3 rings (SSSR count). The second kappa shape index (κ2) is 5.00. The van der Waals surface area contributed by atoms with Gasteiger partial charge in [-0.05, 0) is 43.5 Å². The van der Waals surface area contributed by atoms with Crippen LogP contribution < -0.4 is 10.6 Å². The molecular weight excluding hydrogens is 248 g/mol. The third-order valence-electron chi connectivity index (χ3n) is 3.82. The molecule has 0 bridgehead atoms. The molecule has 0 aromatic heterocycles. The summed E-state index contributed by atoms with van der Waals surface area (Å²) < 4.78 is 0. The number of hydrogen-bond donors (Lipinski definition) is 1. The number of nitrogen functional groups attached to an aromatic ring is 1. The van der Waals surface area contributed by atoms with Crippen molar-refractivity contribution >= 4 is 17.3 Å². The summed E-state index contributed by atoms with van der Waals surface area (Å²) in [5.41, 5.74) is 10.5. The lowest BCUT2D eigenvalue weighted by Crippen LogP contribution is -2.31. The molecule has 0 radical (unpaired) electrons. The fourth-order valence-electron chi connectivity index (χ4n) is 2.72. The number of rotatable bonds is 1. The predicted molar refractivity (Wildman–Crippen MR) is 82.0 cm³/mol. The number of carbonyl (C=O) groups is 1. The Morgan fingerprint density at radius 1 is 1.10 bits per heavy atom. The van der Waals surface area contributed by atoms with E-state index >= 15 is 0 Å². The average molecular weight is 266 g/mol. The second-order valence-electron chi connectivity index (χ2n) is 5.28.